The maximum Gasteiger partial charge on any atom is 0.240 e. The van der Waals surface area contributed by atoms with E-state index < -0.39 is 10.0 Å². The van der Waals surface area contributed by atoms with Crippen LogP contribution < -0.4 is 10.0 Å². The second kappa shape index (κ2) is 6.20. The molecule has 0 bridgehead atoms. The molecule has 0 spiro atoms. The third-order valence-electron chi connectivity index (χ3n) is 3.52. The minimum absolute atomic E-state index is 0.137. The largest absolute Gasteiger partial charge is 0.316 e. The maximum atomic E-state index is 13.9. The molecule has 112 valence electrons. The van der Waals surface area contributed by atoms with Gasteiger partial charge in [0.15, 0.2) is 0 Å². The topological polar surface area (TPSA) is 58.2 Å². The number of hydrogen-bond acceptors (Lipinski definition) is 3. The van der Waals surface area contributed by atoms with Gasteiger partial charge in [0, 0.05) is 18.7 Å². The second-order valence-corrected chi connectivity index (χ2v) is 7.14. The van der Waals surface area contributed by atoms with Gasteiger partial charge >= 0.3 is 0 Å². The molecule has 1 fully saturated rings. The van der Waals surface area contributed by atoms with E-state index in [4.69, 9.17) is 0 Å². The molecular weight excluding hydrogens is 279 g/mol. The normalized spacial score (nSPS) is 15.6. The van der Waals surface area contributed by atoms with E-state index in [9.17, 15) is 12.8 Å². The van der Waals surface area contributed by atoms with E-state index in [1.165, 1.54) is 25.0 Å². The van der Waals surface area contributed by atoms with Crippen LogP contribution in [0.1, 0.15) is 30.4 Å². The highest BCUT2D eigenvalue weighted by atomic mass is 32.2. The van der Waals surface area contributed by atoms with Crippen molar-refractivity contribution >= 4 is 10.0 Å². The lowest BCUT2D eigenvalue weighted by molar-refractivity contribution is 0.570. The fourth-order valence-corrected chi connectivity index (χ4v) is 3.35. The highest BCUT2D eigenvalue weighted by Crippen LogP contribution is 2.31. The molecule has 2 rings (SSSR count). The summed E-state index contributed by atoms with van der Waals surface area (Å²) in [5.41, 5.74) is 0.718. The van der Waals surface area contributed by atoms with Gasteiger partial charge in [-0.05, 0) is 44.0 Å². The summed E-state index contributed by atoms with van der Waals surface area (Å²) in [7, 11) is -1.85. The Morgan fingerprint density at radius 2 is 2.05 bits per heavy atom. The van der Waals surface area contributed by atoms with Crippen LogP contribution >= 0.6 is 0 Å². The van der Waals surface area contributed by atoms with Gasteiger partial charge in [0.25, 0.3) is 0 Å². The molecule has 0 unspecified atom stereocenters. The summed E-state index contributed by atoms with van der Waals surface area (Å²) in [5, 5.41) is 2.84. The van der Waals surface area contributed by atoms with Crippen molar-refractivity contribution in [2.45, 2.75) is 37.6 Å². The third kappa shape index (κ3) is 3.77. The quantitative estimate of drug-likeness (QED) is 0.809. The second-order valence-electron chi connectivity index (χ2n) is 5.37. The molecule has 0 saturated heterocycles. The van der Waals surface area contributed by atoms with Crippen LogP contribution in [0.5, 0.6) is 0 Å². The van der Waals surface area contributed by atoms with E-state index in [0.717, 1.165) is 6.42 Å². The zero-order valence-corrected chi connectivity index (χ0v) is 12.7. The lowest BCUT2D eigenvalue weighted by Crippen LogP contribution is -2.25. The smallest absolute Gasteiger partial charge is 0.240 e. The van der Waals surface area contributed by atoms with Crippen molar-refractivity contribution in [3.63, 3.8) is 0 Å². The Bertz CT molecular complexity index is 583. The molecule has 1 aromatic carbocycles. The summed E-state index contributed by atoms with van der Waals surface area (Å²) in [6.45, 7) is 2.33. The van der Waals surface area contributed by atoms with Crippen molar-refractivity contribution in [3.05, 3.63) is 29.1 Å². The molecule has 0 amide bonds. The molecule has 0 aliphatic heterocycles. The predicted octanol–water partition coefficient (Wildman–Crippen LogP) is 1.93. The van der Waals surface area contributed by atoms with Crippen molar-refractivity contribution < 1.29 is 12.8 Å². The van der Waals surface area contributed by atoms with Gasteiger partial charge in [-0.25, -0.2) is 17.5 Å². The van der Waals surface area contributed by atoms with Crippen LogP contribution in [0.3, 0.4) is 0 Å². The molecule has 0 radical (unpaired) electrons. The fraction of sp³-hybridized carbons (Fsp3) is 0.571. The molecule has 6 heteroatoms. The van der Waals surface area contributed by atoms with Crippen molar-refractivity contribution in [2.75, 3.05) is 13.6 Å². The molecule has 1 aliphatic rings. The third-order valence-corrected chi connectivity index (χ3v) is 4.96. The molecule has 1 aliphatic carbocycles. The monoisotopic (exact) mass is 300 g/mol. The lowest BCUT2D eigenvalue weighted by atomic mass is 10.1. The number of aryl methyl sites for hydroxylation is 1. The highest BCUT2D eigenvalue weighted by Gasteiger charge is 2.22. The summed E-state index contributed by atoms with van der Waals surface area (Å²) in [6, 6.07) is 2.78. The SMILES string of the molecule is CNCc1cc(S(=O)(=O)NCCC2CC2)cc(C)c1F. The minimum atomic E-state index is -3.55. The van der Waals surface area contributed by atoms with Gasteiger partial charge in [-0.1, -0.05) is 12.8 Å². The Morgan fingerprint density at radius 3 is 2.65 bits per heavy atom. The highest BCUT2D eigenvalue weighted by molar-refractivity contribution is 7.89. The van der Waals surface area contributed by atoms with Gasteiger partial charge in [-0.3, -0.25) is 0 Å². The average Bonchev–Trinajstić information content (AvgIpc) is 3.18. The molecule has 4 nitrogen and oxygen atoms in total. The van der Waals surface area contributed by atoms with E-state index in [2.05, 4.69) is 10.0 Å². The van der Waals surface area contributed by atoms with Crippen LogP contribution in [0.4, 0.5) is 4.39 Å². The number of rotatable bonds is 7. The summed E-state index contributed by atoms with van der Waals surface area (Å²) in [4.78, 5) is 0.137. The Morgan fingerprint density at radius 1 is 1.35 bits per heavy atom. The van der Waals surface area contributed by atoms with Crippen LogP contribution in [-0.4, -0.2) is 22.0 Å². The summed E-state index contributed by atoms with van der Waals surface area (Å²) < 4.78 is 40.9. The zero-order chi connectivity index (χ0) is 14.8. The first kappa shape index (κ1) is 15.4. The number of benzene rings is 1. The standard InChI is InChI=1S/C14H21FN2O2S/c1-10-7-13(8-12(9-16-2)14(10)15)20(18,19)17-6-5-11-3-4-11/h7-8,11,16-17H,3-6,9H2,1-2H3. The zero-order valence-electron chi connectivity index (χ0n) is 11.9. The van der Waals surface area contributed by atoms with E-state index in [1.807, 2.05) is 0 Å². The van der Waals surface area contributed by atoms with E-state index in [-0.39, 0.29) is 10.7 Å². The summed E-state index contributed by atoms with van der Waals surface area (Å²) >= 11 is 0. The number of sulfonamides is 1. The average molecular weight is 300 g/mol. The fourth-order valence-electron chi connectivity index (χ4n) is 2.17. The van der Waals surface area contributed by atoms with E-state index in [1.54, 1.807) is 14.0 Å². The van der Waals surface area contributed by atoms with Gasteiger partial charge in [0.1, 0.15) is 5.82 Å². The Labute approximate surface area is 119 Å². The number of halogens is 1. The first-order valence-corrected chi connectivity index (χ1v) is 8.35. The molecule has 0 atom stereocenters. The van der Waals surface area contributed by atoms with Gasteiger partial charge in [0.05, 0.1) is 4.90 Å². The van der Waals surface area contributed by atoms with E-state index >= 15 is 0 Å². The first-order valence-electron chi connectivity index (χ1n) is 6.87. The van der Waals surface area contributed by atoms with Crippen molar-refractivity contribution in [2.24, 2.45) is 5.92 Å². The van der Waals surface area contributed by atoms with E-state index in [0.29, 0.717) is 30.1 Å². The Hall–Kier alpha value is -0.980. The summed E-state index contributed by atoms with van der Waals surface area (Å²) in [6.07, 6.45) is 3.27. The molecule has 1 saturated carbocycles. The maximum absolute atomic E-state index is 13.9. The van der Waals surface area contributed by atoms with Gasteiger partial charge in [0.2, 0.25) is 10.0 Å². The molecule has 20 heavy (non-hydrogen) atoms. The number of hydrogen-bond donors (Lipinski definition) is 2. The van der Waals surface area contributed by atoms with Crippen molar-refractivity contribution in [1.29, 1.82) is 0 Å². The molecule has 2 N–H and O–H groups in total. The Balaban J connectivity index is 2.16. The van der Waals surface area contributed by atoms with Gasteiger partial charge < -0.3 is 5.32 Å². The molecule has 0 aromatic heterocycles. The van der Waals surface area contributed by atoms with Gasteiger partial charge in [-0.2, -0.15) is 0 Å². The summed E-state index contributed by atoms with van der Waals surface area (Å²) in [5.74, 6) is 0.323. The minimum Gasteiger partial charge on any atom is -0.316 e. The Kier molecular flexibility index (Phi) is 4.78. The van der Waals surface area contributed by atoms with Crippen molar-refractivity contribution in [1.82, 2.24) is 10.0 Å². The van der Waals surface area contributed by atoms with Gasteiger partial charge in [-0.15, -0.1) is 0 Å². The first-order chi connectivity index (χ1) is 9.44. The van der Waals surface area contributed by atoms with Crippen molar-refractivity contribution in [3.8, 4) is 0 Å². The van der Waals surface area contributed by atoms with Crippen LogP contribution in [0, 0.1) is 18.7 Å². The molecule has 1 aromatic rings. The number of nitrogens with one attached hydrogen (secondary N) is 2. The van der Waals surface area contributed by atoms with Crippen LogP contribution in [0.15, 0.2) is 17.0 Å². The molecular formula is C14H21FN2O2S. The van der Waals surface area contributed by atoms with Crippen LogP contribution in [-0.2, 0) is 16.6 Å². The predicted molar refractivity (Wildman–Crippen MR) is 76.4 cm³/mol. The van der Waals surface area contributed by atoms with Crippen LogP contribution in [0.2, 0.25) is 0 Å². The lowest BCUT2D eigenvalue weighted by Gasteiger charge is -2.11. The van der Waals surface area contributed by atoms with Crippen LogP contribution in [0.25, 0.3) is 0 Å². The molecule has 0 heterocycles.